The van der Waals surface area contributed by atoms with Gasteiger partial charge in [0.1, 0.15) is 0 Å². The Bertz CT molecular complexity index is 208. The summed E-state index contributed by atoms with van der Waals surface area (Å²) in [6.07, 6.45) is 0. The molecule has 0 aliphatic rings. The molecule has 0 heterocycles. The Morgan fingerprint density at radius 2 is 0.538 bits per heavy atom. The second kappa shape index (κ2) is 18.7. The van der Waals surface area contributed by atoms with Crippen molar-refractivity contribution in [2.45, 2.75) is 0 Å². The first-order valence-electron chi connectivity index (χ1n) is 1.55. The van der Waals surface area contributed by atoms with Gasteiger partial charge < -0.3 is 38.9 Å². The molecule has 0 unspecified atom stereocenters. The van der Waals surface area contributed by atoms with Crippen LogP contribution in [0.15, 0.2) is 0 Å². The third-order valence-electron chi connectivity index (χ3n) is 0. The van der Waals surface area contributed by atoms with E-state index < -0.39 is 33.0 Å². The van der Waals surface area contributed by atoms with Gasteiger partial charge in [-0.2, -0.15) is 0 Å². The van der Waals surface area contributed by atoms with Gasteiger partial charge in [-0.15, -0.1) is 0 Å². The van der Waals surface area contributed by atoms with E-state index in [1.807, 2.05) is 0 Å². The molecule has 0 aliphatic heterocycles. The zero-order chi connectivity index (χ0) is 10.7. The Morgan fingerprint density at radius 3 is 0.538 bits per heavy atom. The standard InChI is InChI=1S/La.3HO3S/c;3*1-4(2)3/h;3*(H,1,2,3)/q+3;3*-1. The molecule has 0 aromatic heterocycles. The molecule has 9 nitrogen and oxygen atoms in total. The maximum absolute atomic E-state index is 8.56. The summed E-state index contributed by atoms with van der Waals surface area (Å²) in [5.41, 5.74) is 0. The van der Waals surface area contributed by atoms with Crippen molar-refractivity contribution in [3.8, 4) is 0 Å². The van der Waals surface area contributed by atoms with Crippen molar-refractivity contribution < 1.29 is 74.5 Å². The van der Waals surface area contributed by atoms with Crippen LogP contribution in [-0.2, 0) is 58.2 Å². The van der Waals surface area contributed by atoms with Crippen molar-refractivity contribution in [3.05, 3.63) is 0 Å². The molecule has 0 aliphatic carbocycles. The molecule has 13 heavy (non-hydrogen) atoms. The minimum Gasteiger partial charge on any atom is -0.439 e. The maximum atomic E-state index is 8.56. The number of hydrogen-bond donors (Lipinski definition) is 3. The Labute approximate surface area is 106 Å². The average Bonchev–Trinajstić information content (AvgIpc) is 1.54. The Hall–Kier alpha value is 0.925. The Morgan fingerprint density at radius 1 is 0.538 bits per heavy atom. The van der Waals surface area contributed by atoms with Crippen molar-refractivity contribution in [3.63, 3.8) is 0 Å². The predicted molar refractivity (Wildman–Crippen MR) is 34.1 cm³/mol. The zero-order valence-corrected chi connectivity index (χ0v) is 11.7. The third-order valence-corrected chi connectivity index (χ3v) is 0. The number of hydrogen-bond acceptors (Lipinski definition) is 9. The second-order valence-corrected chi connectivity index (χ2v) is 1.95. The summed E-state index contributed by atoms with van der Waals surface area (Å²) < 4.78 is 72.2. The molecule has 0 radical (unpaired) electrons. The quantitative estimate of drug-likeness (QED) is 0.279. The molecule has 0 saturated heterocycles. The van der Waals surface area contributed by atoms with Gasteiger partial charge in [0.2, 0.25) is 0 Å². The first-order chi connectivity index (χ1) is 5.20. The van der Waals surface area contributed by atoms with E-state index in [0.29, 0.717) is 0 Å². The zero-order valence-electron chi connectivity index (χ0n) is 5.59. The van der Waals surface area contributed by atoms with E-state index >= 15 is 0 Å². The van der Waals surface area contributed by atoms with Crippen LogP contribution in [0.2, 0.25) is 0 Å². The first kappa shape index (κ1) is 23.6. The molecule has 0 saturated carbocycles. The van der Waals surface area contributed by atoms with Crippen molar-refractivity contribution >= 4 is 33.0 Å². The van der Waals surface area contributed by atoms with Crippen LogP contribution in [0.4, 0.5) is 0 Å². The summed E-state index contributed by atoms with van der Waals surface area (Å²) >= 11 is 0. The van der Waals surface area contributed by atoms with Crippen LogP contribution in [0.5, 0.6) is 0 Å². The number of rotatable bonds is 0. The van der Waals surface area contributed by atoms with Crippen LogP contribution in [0.1, 0.15) is 0 Å². The minimum absolute atomic E-state index is 0. The summed E-state index contributed by atoms with van der Waals surface area (Å²) in [6.45, 7) is 0. The van der Waals surface area contributed by atoms with E-state index in [1.54, 1.807) is 0 Å². The van der Waals surface area contributed by atoms with Gasteiger partial charge in [-0.1, -0.05) is 0 Å². The Balaban J connectivity index is -0.0000000450. The van der Waals surface area contributed by atoms with Gasteiger partial charge >= 0.3 is 35.6 Å². The second-order valence-electron chi connectivity index (χ2n) is 0.651. The van der Waals surface area contributed by atoms with E-state index in [2.05, 4.69) is 0 Å². The molecule has 0 aromatic rings. The van der Waals surface area contributed by atoms with Gasteiger partial charge in [0.25, 0.3) is 0 Å². The topological polar surface area (TPSA) is 163 Å². The van der Waals surface area contributed by atoms with E-state index in [9.17, 15) is 0 Å². The van der Waals surface area contributed by atoms with E-state index in [1.165, 1.54) is 0 Å². The Kier molecular flexibility index (Phi) is 33.9. The molecular weight excluding hydrogens is 379 g/mol. The van der Waals surface area contributed by atoms with E-state index in [0.717, 1.165) is 0 Å². The SMILES string of the molecule is O=[S-](=O)O.O=[S-](=O)O.O=[S-](=O)O.[La+3]. The summed E-state index contributed by atoms with van der Waals surface area (Å²) in [6, 6.07) is 0. The summed E-state index contributed by atoms with van der Waals surface area (Å²) in [7, 11) is -8.58. The molecule has 0 rings (SSSR count). The van der Waals surface area contributed by atoms with Gasteiger partial charge in [0.15, 0.2) is 0 Å². The monoisotopic (exact) mass is 382 g/mol. The van der Waals surface area contributed by atoms with Crippen molar-refractivity contribution in [1.29, 1.82) is 0 Å². The van der Waals surface area contributed by atoms with Crippen LogP contribution >= 0.6 is 0 Å². The molecule has 0 amide bonds. The van der Waals surface area contributed by atoms with Crippen molar-refractivity contribution in [2.24, 2.45) is 0 Å². The molecule has 0 aromatic carbocycles. The fourth-order valence-electron chi connectivity index (χ4n) is 0. The van der Waals surface area contributed by atoms with Crippen LogP contribution in [0.25, 0.3) is 0 Å². The predicted octanol–water partition coefficient (Wildman–Crippen LogP) is -0.694. The molecule has 13 heteroatoms. The minimum atomic E-state index is -2.86. The van der Waals surface area contributed by atoms with Crippen LogP contribution < -0.4 is 0 Å². The van der Waals surface area contributed by atoms with Gasteiger partial charge in [-0.05, 0) is 0 Å². The molecule has 3 N–H and O–H groups in total. The summed E-state index contributed by atoms with van der Waals surface area (Å²) in [4.78, 5) is 0. The van der Waals surface area contributed by atoms with E-state index in [-0.39, 0.29) is 35.6 Å². The summed E-state index contributed by atoms with van der Waals surface area (Å²) in [5, 5.41) is 0. The molecule has 0 atom stereocenters. The smallest absolute Gasteiger partial charge is 0.439 e. The third kappa shape index (κ3) is 1800. The molecular formula is H3LaO9S3. The average molecular weight is 382 g/mol. The molecule has 0 spiro atoms. The van der Waals surface area contributed by atoms with Gasteiger partial charge in [0.05, 0.1) is 0 Å². The molecule has 78 valence electrons. The largest absolute Gasteiger partial charge is 3.00 e. The summed E-state index contributed by atoms with van der Waals surface area (Å²) in [5.74, 6) is 0. The normalized spacial score (nSPS) is 7.85. The van der Waals surface area contributed by atoms with Crippen molar-refractivity contribution in [2.75, 3.05) is 0 Å². The van der Waals surface area contributed by atoms with Gasteiger partial charge in [0, 0.05) is 33.0 Å². The van der Waals surface area contributed by atoms with Gasteiger partial charge in [-0.25, -0.2) is 0 Å². The van der Waals surface area contributed by atoms with Crippen LogP contribution in [0.3, 0.4) is 0 Å². The fraction of sp³-hybridized carbons (Fsp3) is 0. The maximum Gasteiger partial charge on any atom is 3.00 e. The van der Waals surface area contributed by atoms with Crippen LogP contribution in [0, 0.1) is 35.6 Å². The molecule has 0 fully saturated rings. The van der Waals surface area contributed by atoms with Gasteiger partial charge in [-0.3, -0.25) is 0 Å². The molecule has 0 bridgehead atoms. The van der Waals surface area contributed by atoms with Crippen molar-refractivity contribution in [1.82, 2.24) is 0 Å². The van der Waals surface area contributed by atoms with E-state index in [4.69, 9.17) is 38.9 Å². The van der Waals surface area contributed by atoms with Crippen LogP contribution in [-0.4, -0.2) is 13.7 Å². The fourth-order valence-corrected chi connectivity index (χ4v) is 0. The first-order valence-corrected chi connectivity index (χ1v) is 4.64.